The molecule has 1 aliphatic rings. The summed E-state index contributed by atoms with van der Waals surface area (Å²) in [6.07, 6.45) is 0.935. The molecule has 2 atom stereocenters. The maximum absolute atomic E-state index is 12.6. The molecule has 1 heterocycles. The zero-order chi connectivity index (χ0) is 13.3. The van der Waals surface area contributed by atoms with Gasteiger partial charge in [0.2, 0.25) is 10.0 Å². The minimum absolute atomic E-state index is 0.367. The van der Waals surface area contributed by atoms with Crippen molar-refractivity contribution in [3.63, 3.8) is 0 Å². The zero-order valence-electron chi connectivity index (χ0n) is 10.6. The molecule has 1 saturated heterocycles. The van der Waals surface area contributed by atoms with E-state index in [1.54, 1.807) is 22.5 Å². The number of benzene rings is 1. The van der Waals surface area contributed by atoms with Gasteiger partial charge in [0.05, 0.1) is 4.90 Å². The molecule has 5 heteroatoms. The molecular formula is C13H18BrNO2S. The molecule has 0 amide bonds. The van der Waals surface area contributed by atoms with E-state index in [2.05, 4.69) is 29.8 Å². The van der Waals surface area contributed by atoms with Gasteiger partial charge < -0.3 is 0 Å². The second-order valence-corrected chi connectivity index (χ2v) is 7.80. The molecule has 0 unspecified atom stereocenters. The molecule has 0 bridgehead atoms. The number of hydrogen-bond donors (Lipinski definition) is 0. The van der Waals surface area contributed by atoms with E-state index >= 15 is 0 Å². The van der Waals surface area contributed by atoms with E-state index < -0.39 is 10.0 Å². The summed E-state index contributed by atoms with van der Waals surface area (Å²) >= 11 is 3.32. The highest BCUT2D eigenvalue weighted by atomic mass is 79.9. The minimum atomic E-state index is -3.36. The van der Waals surface area contributed by atoms with Gasteiger partial charge in [0.15, 0.2) is 0 Å². The Balaban J connectivity index is 2.30. The van der Waals surface area contributed by atoms with E-state index in [1.807, 2.05) is 6.07 Å². The predicted molar refractivity (Wildman–Crippen MR) is 75.8 cm³/mol. The summed E-state index contributed by atoms with van der Waals surface area (Å²) in [5, 5.41) is 0. The maximum atomic E-state index is 12.6. The van der Waals surface area contributed by atoms with Gasteiger partial charge in [0.25, 0.3) is 0 Å². The van der Waals surface area contributed by atoms with Crippen LogP contribution in [0.3, 0.4) is 0 Å². The lowest BCUT2D eigenvalue weighted by molar-refractivity contribution is 0.212. The average Bonchev–Trinajstić information content (AvgIpc) is 2.33. The quantitative estimate of drug-likeness (QED) is 0.834. The van der Waals surface area contributed by atoms with Crippen LogP contribution in [0.2, 0.25) is 0 Å². The number of halogens is 1. The minimum Gasteiger partial charge on any atom is -0.207 e. The van der Waals surface area contributed by atoms with Gasteiger partial charge in [-0.1, -0.05) is 26.0 Å². The van der Waals surface area contributed by atoms with Crippen LogP contribution >= 0.6 is 15.9 Å². The standard InChI is InChI=1S/C13H18BrNO2S/c1-10-7-8-15(9-11(10)2)18(16,17)13-6-4-3-5-12(13)14/h3-6,10-11H,7-9H2,1-2H3/t10-,11-/m0/s1. The van der Waals surface area contributed by atoms with Crippen LogP contribution in [-0.4, -0.2) is 25.8 Å². The highest BCUT2D eigenvalue weighted by molar-refractivity contribution is 9.10. The lowest BCUT2D eigenvalue weighted by Gasteiger charge is -2.34. The first kappa shape index (κ1) is 14.0. The van der Waals surface area contributed by atoms with Crippen molar-refractivity contribution in [1.29, 1.82) is 0 Å². The van der Waals surface area contributed by atoms with Crippen LogP contribution in [0.25, 0.3) is 0 Å². The Morgan fingerprint density at radius 3 is 2.50 bits per heavy atom. The van der Waals surface area contributed by atoms with Crippen molar-refractivity contribution in [3.8, 4) is 0 Å². The van der Waals surface area contributed by atoms with Crippen molar-refractivity contribution in [1.82, 2.24) is 4.31 Å². The lowest BCUT2D eigenvalue weighted by Crippen LogP contribution is -2.42. The first-order valence-electron chi connectivity index (χ1n) is 6.17. The van der Waals surface area contributed by atoms with Crippen molar-refractivity contribution in [2.75, 3.05) is 13.1 Å². The SMILES string of the molecule is C[C@H]1CCN(S(=O)(=O)c2ccccc2Br)C[C@@H]1C. The molecule has 0 spiro atoms. The number of hydrogen-bond acceptors (Lipinski definition) is 2. The first-order valence-corrected chi connectivity index (χ1v) is 8.41. The van der Waals surface area contributed by atoms with Crippen molar-refractivity contribution in [2.45, 2.75) is 25.2 Å². The second-order valence-electron chi connectivity index (χ2n) is 5.04. The molecule has 0 N–H and O–H groups in total. The van der Waals surface area contributed by atoms with Crippen LogP contribution in [0.15, 0.2) is 33.6 Å². The molecule has 0 radical (unpaired) electrons. The van der Waals surface area contributed by atoms with Gasteiger partial charge in [-0.3, -0.25) is 0 Å². The summed E-state index contributed by atoms with van der Waals surface area (Å²) in [4.78, 5) is 0.367. The maximum Gasteiger partial charge on any atom is 0.244 e. The van der Waals surface area contributed by atoms with Crippen LogP contribution < -0.4 is 0 Å². The Labute approximate surface area is 117 Å². The number of piperidine rings is 1. The number of sulfonamides is 1. The molecule has 1 aliphatic heterocycles. The molecule has 1 aromatic rings. The van der Waals surface area contributed by atoms with Crippen LogP contribution in [0.4, 0.5) is 0 Å². The molecule has 0 aromatic heterocycles. The zero-order valence-corrected chi connectivity index (χ0v) is 13.0. The van der Waals surface area contributed by atoms with Gasteiger partial charge >= 0.3 is 0 Å². The summed E-state index contributed by atoms with van der Waals surface area (Å²) in [6, 6.07) is 7.00. The topological polar surface area (TPSA) is 37.4 Å². The van der Waals surface area contributed by atoms with E-state index in [1.165, 1.54) is 0 Å². The summed E-state index contributed by atoms with van der Waals surface area (Å²) in [5.74, 6) is 1.01. The van der Waals surface area contributed by atoms with E-state index in [-0.39, 0.29) is 0 Å². The molecule has 1 fully saturated rings. The monoisotopic (exact) mass is 331 g/mol. The third-order valence-corrected chi connectivity index (χ3v) is 6.63. The molecule has 3 nitrogen and oxygen atoms in total. The van der Waals surface area contributed by atoms with Gasteiger partial charge in [-0.2, -0.15) is 4.31 Å². The molecule has 100 valence electrons. The summed E-state index contributed by atoms with van der Waals surface area (Å²) in [7, 11) is -3.36. The van der Waals surface area contributed by atoms with E-state index in [4.69, 9.17) is 0 Å². The molecule has 0 saturated carbocycles. The molecule has 2 rings (SSSR count). The molecular weight excluding hydrogens is 314 g/mol. The predicted octanol–water partition coefficient (Wildman–Crippen LogP) is 3.12. The van der Waals surface area contributed by atoms with Crippen molar-refractivity contribution in [2.24, 2.45) is 11.8 Å². The van der Waals surface area contributed by atoms with Gasteiger partial charge in [-0.25, -0.2) is 8.42 Å². The van der Waals surface area contributed by atoms with Crippen LogP contribution in [0.1, 0.15) is 20.3 Å². The van der Waals surface area contributed by atoms with Crippen LogP contribution in [0, 0.1) is 11.8 Å². The fourth-order valence-electron chi connectivity index (χ4n) is 2.24. The Hall–Kier alpha value is -0.390. The largest absolute Gasteiger partial charge is 0.244 e. The van der Waals surface area contributed by atoms with Gasteiger partial charge in [0, 0.05) is 17.6 Å². The highest BCUT2D eigenvalue weighted by Gasteiger charge is 2.32. The summed E-state index contributed by atoms with van der Waals surface area (Å²) < 4.78 is 27.4. The third kappa shape index (κ3) is 2.63. The van der Waals surface area contributed by atoms with Crippen LogP contribution in [-0.2, 0) is 10.0 Å². The summed E-state index contributed by atoms with van der Waals surface area (Å²) in [6.45, 7) is 5.54. The number of rotatable bonds is 2. The Bertz CT molecular complexity index is 530. The van der Waals surface area contributed by atoms with Gasteiger partial charge in [-0.15, -0.1) is 0 Å². The normalized spacial score (nSPS) is 26.2. The fraction of sp³-hybridized carbons (Fsp3) is 0.538. The van der Waals surface area contributed by atoms with Crippen molar-refractivity contribution in [3.05, 3.63) is 28.7 Å². The Kier molecular flexibility index (Phi) is 4.14. The summed E-state index contributed by atoms with van der Waals surface area (Å²) in [5.41, 5.74) is 0. The molecule has 1 aromatic carbocycles. The van der Waals surface area contributed by atoms with Crippen molar-refractivity contribution < 1.29 is 8.42 Å². The molecule has 18 heavy (non-hydrogen) atoms. The van der Waals surface area contributed by atoms with Gasteiger partial charge in [0.1, 0.15) is 0 Å². The van der Waals surface area contributed by atoms with Crippen LogP contribution in [0.5, 0.6) is 0 Å². The fourth-order valence-corrected chi connectivity index (χ4v) is 4.75. The average molecular weight is 332 g/mol. The van der Waals surface area contributed by atoms with Gasteiger partial charge in [-0.05, 0) is 46.3 Å². The first-order chi connectivity index (χ1) is 8.43. The highest BCUT2D eigenvalue weighted by Crippen LogP contribution is 2.30. The smallest absolute Gasteiger partial charge is 0.207 e. The Morgan fingerprint density at radius 1 is 1.22 bits per heavy atom. The number of nitrogens with zero attached hydrogens (tertiary/aromatic N) is 1. The second kappa shape index (κ2) is 5.31. The van der Waals surface area contributed by atoms with E-state index in [0.29, 0.717) is 34.3 Å². The van der Waals surface area contributed by atoms with E-state index in [9.17, 15) is 8.42 Å². The lowest BCUT2D eigenvalue weighted by atomic mass is 9.90. The van der Waals surface area contributed by atoms with E-state index in [0.717, 1.165) is 6.42 Å². The third-order valence-electron chi connectivity index (χ3n) is 3.75. The Morgan fingerprint density at radius 2 is 1.89 bits per heavy atom. The molecule has 0 aliphatic carbocycles. The van der Waals surface area contributed by atoms with Crippen molar-refractivity contribution >= 4 is 26.0 Å².